The molecular weight excluding hydrogens is 242 g/mol. The number of aromatic nitrogens is 2. The molecule has 1 unspecified atom stereocenters. The minimum atomic E-state index is -0.698. The molecule has 2 rings (SSSR count). The molecule has 3 N–H and O–H groups in total. The van der Waals surface area contributed by atoms with Crippen LogP contribution in [0.15, 0.2) is 49.4 Å². The summed E-state index contributed by atoms with van der Waals surface area (Å²) >= 11 is 0. The van der Waals surface area contributed by atoms with E-state index in [9.17, 15) is 9.90 Å². The fraction of sp³-hybridized carbons (Fsp3) is 0.143. The minimum absolute atomic E-state index is 0.172. The van der Waals surface area contributed by atoms with Crippen molar-refractivity contribution in [3.8, 4) is 0 Å². The van der Waals surface area contributed by atoms with Gasteiger partial charge in [0.1, 0.15) is 0 Å². The maximum atomic E-state index is 12.1. The summed E-state index contributed by atoms with van der Waals surface area (Å²) in [6, 6.07) is 5.48. The highest BCUT2D eigenvalue weighted by Gasteiger charge is 2.20. The van der Waals surface area contributed by atoms with E-state index >= 15 is 0 Å². The van der Waals surface area contributed by atoms with Crippen LogP contribution in [0, 0.1) is 5.92 Å². The molecule has 0 saturated heterocycles. The number of nitrogens with one attached hydrogen (secondary N) is 2. The van der Waals surface area contributed by atoms with Gasteiger partial charge in [-0.25, -0.2) is 0 Å². The minimum Gasteiger partial charge on any atom is -0.512 e. The Morgan fingerprint density at radius 1 is 1.58 bits per heavy atom. The monoisotopic (exact) mass is 257 g/mol. The van der Waals surface area contributed by atoms with Gasteiger partial charge in [0.2, 0.25) is 5.91 Å². The zero-order valence-corrected chi connectivity index (χ0v) is 10.4. The molecule has 19 heavy (non-hydrogen) atoms. The maximum absolute atomic E-state index is 12.1. The van der Waals surface area contributed by atoms with E-state index in [0.29, 0.717) is 12.1 Å². The zero-order chi connectivity index (χ0) is 13.8. The van der Waals surface area contributed by atoms with Crippen LogP contribution in [0.5, 0.6) is 0 Å². The molecule has 1 heterocycles. The Morgan fingerprint density at radius 2 is 2.37 bits per heavy atom. The fourth-order valence-corrected chi connectivity index (χ4v) is 1.85. The van der Waals surface area contributed by atoms with E-state index in [1.807, 2.05) is 12.1 Å². The molecule has 0 spiro atoms. The summed E-state index contributed by atoms with van der Waals surface area (Å²) in [6.07, 6.45) is 3.58. The number of aliphatic hydroxyl groups excluding tert-OH is 1. The molecule has 0 aliphatic carbocycles. The lowest BCUT2D eigenvalue weighted by atomic mass is 10.0. The lowest BCUT2D eigenvalue weighted by Gasteiger charge is -2.14. The lowest BCUT2D eigenvalue weighted by Crippen LogP contribution is -2.24. The van der Waals surface area contributed by atoms with Gasteiger partial charge in [-0.1, -0.05) is 24.8 Å². The summed E-state index contributed by atoms with van der Waals surface area (Å²) < 4.78 is 0. The van der Waals surface area contributed by atoms with Gasteiger partial charge in [-0.2, -0.15) is 5.10 Å². The van der Waals surface area contributed by atoms with Gasteiger partial charge in [0.05, 0.1) is 29.1 Å². The van der Waals surface area contributed by atoms with Gasteiger partial charge in [-0.05, 0) is 12.5 Å². The Kier molecular flexibility index (Phi) is 3.66. The van der Waals surface area contributed by atoms with E-state index in [1.54, 1.807) is 18.3 Å². The normalized spacial score (nSPS) is 12.0. The van der Waals surface area contributed by atoms with Crippen LogP contribution < -0.4 is 5.32 Å². The number of fused-ring (bicyclic) bond motifs is 1. The van der Waals surface area contributed by atoms with Crippen molar-refractivity contribution in [3.63, 3.8) is 0 Å². The van der Waals surface area contributed by atoms with E-state index in [4.69, 9.17) is 0 Å². The number of allylic oxidation sites excluding steroid dienone is 1. The van der Waals surface area contributed by atoms with Crippen molar-refractivity contribution in [3.05, 3.63) is 49.4 Å². The highest BCUT2D eigenvalue weighted by atomic mass is 16.3. The number of carbonyl (C=O) groups is 1. The first kappa shape index (κ1) is 12.9. The number of hydrogen-bond acceptors (Lipinski definition) is 3. The SMILES string of the molecule is C=CCC(C(=C)O)C(=O)Nc1cccc2cn[nH]c12. The van der Waals surface area contributed by atoms with Gasteiger partial charge in [-0.3, -0.25) is 9.89 Å². The number of anilines is 1. The first-order chi connectivity index (χ1) is 9.13. The summed E-state index contributed by atoms with van der Waals surface area (Å²) in [5, 5.41) is 19.9. The van der Waals surface area contributed by atoms with Crippen LogP contribution >= 0.6 is 0 Å². The van der Waals surface area contributed by atoms with Crippen molar-refractivity contribution in [1.29, 1.82) is 0 Å². The number of para-hydroxylation sites is 1. The number of benzene rings is 1. The lowest BCUT2D eigenvalue weighted by molar-refractivity contribution is -0.119. The van der Waals surface area contributed by atoms with Crippen LogP contribution in [0.1, 0.15) is 6.42 Å². The van der Waals surface area contributed by atoms with Gasteiger partial charge in [0.15, 0.2) is 0 Å². The van der Waals surface area contributed by atoms with Crippen molar-refractivity contribution in [2.24, 2.45) is 5.92 Å². The number of carbonyl (C=O) groups excluding carboxylic acids is 1. The van der Waals surface area contributed by atoms with Crippen molar-refractivity contribution in [2.45, 2.75) is 6.42 Å². The zero-order valence-electron chi connectivity index (χ0n) is 10.4. The Bertz CT molecular complexity index is 630. The first-order valence-electron chi connectivity index (χ1n) is 5.85. The predicted octanol–water partition coefficient (Wildman–Crippen LogP) is 2.77. The van der Waals surface area contributed by atoms with Gasteiger partial charge in [0, 0.05) is 5.39 Å². The average Bonchev–Trinajstić information content (AvgIpc) is 2.84. The second-order valence-corrected chi connectivity index (χ2v) is 4.20. The summed E-state index contributed by atoms with van der Waals surface area (Å²) in [7, 11) is 0. The first-order valence-corrected chi connectivity index (χ1v) is 5.85. The largest absolute Gasteiger partial charge is 0.512 e. The van der Waals surface area contributed by atoms with Crippen LogP contribution in [-0.4, -0.2) is 21.2 Å². The third-order valence-electron chi connectivity index (χ3n) is 2.86. The maximum Gasteiger partial charge on any atom is 0.235 e. The number of nitrogens with zero attached hydrogens (tertiary/aromatic N) is 1. The topological polar surface area (TPSA) is 78.0 Å². The van der Waals surface area contributed by atoms with Gasteiger partial charge < -0.3 is 10.4 Å². The number of amides is 1. The second kappa shape index (κ2) is 5.39. The summed E-state index contributed by atoms with van der Waals surface area (Å²) in [4.78, 5) is 12.1. The summed E-state index contributed by atoms with van der Waals surface area (Å²) in [5.41, 5.74) is 1.37. The van der Waals surface area contributed by atoms with Crippen LogP contribution in [0.3, 0.4) is 0 Å². The highest BCUT2D eigenvalue weighted by molar-refractivity contribution is 6.01. The summed E-state index contributed by atoms with van der Waals surface area (Å²) in [5.74, 6) is -1.20. The molecule has 1 atom stereocenters. The molecule has 1 aromatic carbocycles. The van der Waals surface area contributed by atoms with Crippen molar-refractivity contribution < 1.29 is 9.90 Å². The molecule has 98 valence electrons. The highest BCUT2D eigenvalue weighted by Crippen LogP contribution is 2.22. The quantitative estimate of drug-likeness (QED) is 0.569. The molecule has 5 nitrogen and oxygen atoms in total. The molecule has 2 aromatic rings. The van der Waals surface area contributed by atoms with E-state index < -0.39 is 5.92 Å². The molecule has 5 heteroatoms. The Hall–Kier alpha value is -2.56. The van der Waals surface area contributed by atoms with Crippen LogP contribution in [0.25, 0.3) is 10.9 Å². The summed E-state index contributed by atoms with van der Waals surface area (Å²) in [6.45, 7) is 6.98. The van der Waals surface area contributed by atoms with E-state index in [1.165, 1.54) is 0 Å². The standard InChI is InChI=1S/C14H15N3O2/c1-3-5-11(9(2)18)14(19)16-12-7-4-6-10-8-15-17-13(10)12/h3-4,6-8,11,18H,1-2,5H2,(H,15,17)(H,16,19). The van der Waals surface area contributed by atoms with Crippen LogP contribution in [0.2, 0.25) is 0 Å². The van der Waals surface area contributed by atoms with Gasteiger partial charge in [-0.15, -0.1) is 6.58 Å². The third-order valence-corrected chi connectivity index (χ3v) is 2.86. The Labute approximate surface area is 110 Å². The smallest absolute Gasteiger partial charge is 0.235 e. The van der Waals surface area contributed by atoms with E-state index in [0.717, 1.165) is 10.9 Å². The van der Waals surface area contributed by atoms with Crippen molar-refractivity contribution in [2.75, 3.05) is 5.32 Å². The van der Waals surface area contributed by atoms with E-state index in [2.05, 4.69) is 28.7 Å². The Morgan fingerprint density at radius 3 is 3.05 bits per heavy atom. The van der Waals surface area contributed by atoms with Crippen molar-refractivity contribution in [1.82, 2.24) is 10.2 Å². The van der Waals surface area contributed by atoms with Gasteiger partial charge in [0.25, 0.3) is 0 Å². The number of H-pyrrole nitrogens is 1. The van der Waals surface area contributed by atoms with E-state index in [-0.39, 0.29) is 11.7 Å². The average molecular weight is 257 g/mol. The molecule has 0 radical (unpaired) electrons. The third kappa shape index (κ3) is 2.65. The number of aromatic amines is 1. The predicted molar refractivity (Wildman–Crippen MR) is 74.8 cm³/mol. The number of aliphatic hydroxyl groups is 1. The van der Waals surface area contributed by atoms with Crippen LogP contribution in [-0.2, 0) is 4.79 Å². The van der Waals surface area contributed by atoms with Gasteiger partial charge >= 0.3 is 0 Å². The van der Waals surface area contributed by atoms with Crippen molar-refractivity contribution >= 4 is 22.5 Å². The number of rotatable bonds is 5. The molecule has 0 bridgehead atoms. The molecular formula is C14H15N3O2. The molecule has 1 aromatic heterocycles. The van der Waals surface area contributed by atoms with Crippen LogP contribution in [0.4, 0.5) is 5.69 Å². The number of hydrogen-bond donors (Lipinski definition) is 3. The second-order valence-electron chi connectivity index (χ2n) is 4.20. The molecule has 0 aliphatic heterocycles. The Balaban J connectivity index is 2.24. The fourth-order valence-electron chi connectivity index (χ4n) is 1.85. The molecule has 1 amide bonds. The molecule has 0 fully saturated rings. The molecule has 0 aliphatic rings. The molecule has 0 saturated carbocycles.